The zero-order valence-corrected chi connectivity index (χ0v) is 6.92. The van der Waals surface area contributed by atoms with E-state index >= 15 is 0 Å². The summed E-state index contributed by atoms with van der Waals surface area (Å²) in [6.07, 6.45) is -3.00. The molecule has 0 saturated carbocycles. The first-order chi connectivity index (χ1) is 5.57. The molecule has 0 aromatic rings. The SMILES string of the molecule is CC1OC(CO)C(O)[C@@H](N)[C@@H]1O. The smallest absolute Gasteiger partial charge is 0.108 e. The molecule has 5 atom stereocenters. The maximum Gasteiger partial charge on any atom is 0.108 e. The Morgan fingerprint density at radius 1 is 1.33 bits per heavy atom. The van der Waals surface area contributed by atoms with Crippen LogP contribution in [0.2, 0.25) is 0 Å². The first kappa shape index (κ1) is 9.88. The van der Waals surface area contributed by atoms with Crippen molar-refractivity contribution in [3.63, 3.8) is 0 Å². The van der Waals surface area contributed by atoms with Gasteiger partial charge in [-0.15, -0.1) is 0 Å². The topological polar surface area (TPSA) is 95.9 Å². The molecule has 5 N–H and O–H groups in total. The number of hydrogen-bond acceptors (Lipinski definition) is 5. The molecule has 0 radical (unpaired) electrons. The van der Waals surface area contributed by atoms with Gasteiger partial charge in [-0.25, -0.2) is 0 Å². The van der Waals surface area contributed by atoms with Crippen molar-refractivity contribution in [3.8, 4) is 0 Å². The summed E-state index contributed by atoms with van der Waals surface area (Å²) in [4.78, 5) is 0. The predicted octanol–water partition coefficient (Wildman–Crippen LogP) is -2.18. The van der Waals surface area contributed by atoms with Crippen LogP contribution in [0.25, 0.3) is 0 Å². The van der Waals surface area contributed by atoms with Gasteiger partial charge in [0.1, 0.15) is 12.2 Å². The zero-order chi connectivity index (χ0) is 9.30. The number of ether oxygens (including phenoxy) is 1. The number of hydrogen-bond donors (Lipinski definition) is 4. The average molecular weight is 177 g/mol. The highest BCUT2D eigenvalue weighted by Crippen LogP contribution is 2.18. The zero-order valence-electron chi connectivity index (χ0n) is 6.92. The number of aliphatic hydroxyl groups excluding tert-OH is 3. The molecule has 1 fully saturated rings. The van der Waals surface area contributed by atoms with Crippen LogP contribution in [0, 0.1) is 0 Å². The third-order valence-corrected chi connectivity index (χ3v) is 2.22. The Morgan fingerprint density at radius 2 is 1.92 bits per heavy atom. The lowest BCUT2D eigenvalue weighted by atomic mass is 9.94. The van der Waals surface area contributed by atoms with E-state index in [1.807, 2.05) is 0 Å². The summed E-state index contributed by atoms with van der Waals surface area (Å²) >= 11 is 0. The molecule has 0 bridgehead atoms. The summed E-state index contributed by atoms with van der Waals surface area (Å²) in [6, 6.07) is -0.745. The summed E-state index contributed by atoms with van der Waals surface area (Å²) in [7, 11) is 0. The molecule has 1 aliphatic rings. The Balaban J connectivity index is 2.63. The van der Waals surface area contributed by atoms with Gasteiger partial charge in [-0.05, 0) is 6.92 Å². The molecule has 12 heavy (non-hydrogen) atoms. The molecule has 1 aliphatic heterocycles. The summed E-state index contributed by atoms with van der Waals surface area (Å²) in [5.41, 5.74) is 5.49. The maximum absolute atomic E-state index is 9.36. The highest BCUT2D eigenvalue weighted by molar-refractivity contribution is 4.92. The van der Waals surface area contributed by atoms with Crippen molar-refractivity contribution in [3.05, 3.63) is 0 Å². The summed E-state index contributed by atoms with van der Waals surface area (Å²) in [5, 5.41) is 27.5. The van der Waals surface area contributed by atoms with Crippen LogP contribution >= 0.6 is 0 Å². The van der Waals surface area contributed by atoms with Gasteiger partial charge in [0.05, 0.1) is 24.9 Å². The average Bonchev–Trinajstić information content (AvgIpc) is 2.08. The van der Waals surface area contributed by atoms with Crippen molar-refractivity contribution in [2.75, 3.05) is 6.61 Å². The Kier molecular flexibility index (Phi) is 3.03. The van der Waals surface area contributed by atoms with Gasteiger partial charge in [0.15, 0.2) is 0 Å². The lowest BCUT2D eigenvalue weighted by molar-refractivity contribution is -0.182. The third-order valence-electron chi connectivity index (χ3n) is 2.22. The van der Waals surface area contributed by atoms with E-state index in [0.29, 0.717) is 0 Å². The Bertz CT molecular complexity index is 150. The van der Waals surface area contributed by atoms with Crippen LogP contribution in [-0.2, 0) is 4.74 Å². The van der Waals surface area contributed by atoms with Crippen molar-refractivity contribution in [2.45, 2.75) is 37.4 Å². The predicted molar refractivity (Wildman–Crippen MR) is 41.4 cm³/mol. The molecule has 0 aromatic carbocycles. The van der Waals surface area contributed by atoms with Gasteiger partial charge in [-0.2, -0.15) is 0 Å². The minimum Gasteiger partial charge on any atom is -0.394 e. The molecule has 3 unspecified atom stereocenters. The quantitative estimate of drug-likeness (QED) is 0.365. The van der Waals surface area contributed by atoms with Crippen LogP contribution < -0.4 is 5.73 Å². The van der Waals surface area contributed by atoms with Crippen LogP contribution in [0.3, 0.4) is 0 Å². The maximum atomic E-state index is 9.36. The Labute approximate surface area is 70.8 Å². The second-order valence-corrected chi connectivity index (χ2v) is 3.12. The molecular weight excluding hydrogens is 162 g/mol. The fourth-order valence-electron chi connectivity index (χ4n) is 1.35. The van der Waals surface area contributed by atoms with E-state index in [2.05, 4.69) is 0 Å². The van der Waals surface area contributed by atoms with Crippen molar-refractivity contribution >= 4 is 0 Å². The van der Waals surface area contributed by atoms with E-state index in [1.54, 1.807) is 6.92 Å². The molecule has 1 rings (SSSR count). The van der Waals surface area contributed by atoms with Crippen LogP contribution in [-0.4, -0.2) is 52.4 Å². The highest BCUT2D eigenvalue weighted by atomic mass is 16.5. The number of aliphatic hydroxyl groups is 3. The molecule has 0 aliphatic carbocycles. The molecule has 5 nitrogen and oxygen atoms in total. The normalized spacial score (nSPS) is 49.2. The van der Waals surface area contributed by atoms with E-state index < -0.39 is 30.5 Å². The van der Waals surface area contributed by atoms with Gasteiger partial charge < -0.3 is 25.8 Å². The highest BCUT2D eigenvalue weighted by Gasteiger charge is 2.39. The molecule has 1 saturated heterocycles. The first-order valence-electron chi connectivity index (χ1n) is 3.96. The van der Waals surface area contributed by atoms with Crippen LogP contribution in [0.4, 0.5) is 0 Å². The molecule has 5 heteroatoms. The minimum absolute atomic E-state index is 0.286. The molecule has 1 heterocycles. The Morgan fingerprint density at radius 3 is 2.42 bits per heavy atom. The monoisotopic (exact) mass is 177 g/mol. The molecule has 0 amide bonds. The van der Waals surface area contributed by atoms with Crippen LogP contribution in [0.15, 0.2) is 0 Å². The molecule has 72 valence electrons. The van der Waals surface area contributed by atoms with Crippen molar-refractivity contribution in [2.24, 2.45) is 5.73 Å². The number of nitrogens with two attached hydrogens (primary N) is 1. The second-order valence-electron chi connectivity index (χ2n) is 3.12. The first-order valence-corrected chi connectivity index (χ1v) is 3.96. The van der Waals surface area contributed by atoms with E-state index in [9.17, 15) is 10.2 Å². The summed E-state index contributed by atoms with van der Waals surface area (Å²) in [5.74, 6) is 0. The van der Waals surface area contributed by atoms with Crippen molar-refractivity contribution in [1.82, 2.24) is 0 Å². The van der Waals surface area contributed by atoms with E-state index in [0.717, 1.165) is 0 Å². The summed E-state index contributed by atoms with van der Waals surface area (Å²) in [6.45, 7) is 1.37. The lowest BCUT2D eigenvalue weighted by Crippen LogP contribution is -2.61. The van der Waals surface area contributed by atoms with E-state index in [1.165, 1.54) is 0 Å². The molecular formula is C7H15NO4. The molecule has 0 spiro atoms. The van der Waals surface area contributed by atoms with Gasteiger partial charge in [-0.3, -0.25) is 0 Å². The van der Waals surface area contributed by atoms with Crippen molar-refractivity contribution in [1.29, 1.82) is 0 Å². The fourth-order valence-corrected chi connectivity index (χ4v) is 1.35. The summed E-state index contributed by atoms with van der Waals surface area (Å²) < 4.78 is 5.10. The van der Waals surface area contributed by atoms with Gasteiger partial charge in [-0.1, -0.05) is 0 Å². The molecule has 0 aromatic heterocycles. The minimum atomic E-state index is -0.999. The lowest BCUT2D eigenvalue weighted by Gasteiger charge is -2.39. The van der Waals surface area contributed by atoms with Gasteiger partial charge in [0, 0.05) is 0 Å². The van der Waals surface area contributed by atoms with Crippen LogP contribution in [0.5, 0.6) is 0 Å². The van der Waals surface area contributed by atoms with Crippen molar-refractivity contribution < 1.29 is 20.1 Å². The van der Waals surface area contributed by atoms with Gasteiger partial charge in [0.25, 0.3) is 0 Å². The standard InChI is InChI=1S/C7H15NO4/c1-3-6(10)5(8)7(11)4(2-9)12-3/h3-7,9-11H,2,8H2,1H3/t3?,4?,5-,6+,7?/m0/s1. The Hall–Kier alpha value is -0.200. The van der Waals surface area contributed by atoms with Crippen LogP contribution in [0.1, 0.15) is 6.92 Å². The fraction of sp³-hybridized carbons (Fsp3) is 1.00. The van der Waals surface area contributed by atoms with Gasteiger partial charge in [0.2, 0.25) is 0 Å². The van der Waals surface area contributed by atoms with Gasteiger partial charge >= 0.3 is 0 Å². The second kappa shape index (κ2) is 3.68. The third kappa shape index (κ3) is 1.60. The van der Waals surface area contributed by atoms with E-state index in [4.69, 9.17) is 15.6 Å². The number of rotatable bonds is 1. The van der Waals surface area contributed by atoms with E-state index in [-0.39, 0.29) is 6.61 Å². The largest absolute Gasteiger partial charge is 0.394 e.